The van der Waals surface area contributed by atoms with E-state index in [1.54, 1.807) is 30.3 Å². The van der Waals surface area contributed by atoms with E-state index in [0.29, 0.717) is 45.4 Å². The van der Waals surface area contributed by atoms with Gasteiger partial charge in [0.1, 0.15) is 17.6 Å². The van der Waals surface area contributed by atoms with Gasteiger partial charge in [0, 0.05) is 12.0 Å². The summed E-state index contributed by atoms with van der Waals surface area (Å²) in [6, 6.07) is 13.4. The van der Waals surface area contributed by atoms with E-state index in [4.69, 9.17) is 23.9 Å². The molecule has 0 saturated carbocycles. The molecule has 0 spiro atoms. The third-order valence-electron chi connectivity index (χ3n) is 7.36. The fourth-order valence-electron chi connectivity index (χ4n) is 5.45. The van der Waals surface area contributed by atoms with Gasteiger partial charge in [0.15, 0.2) is 16.6 Å². The number of amides is 1. The molecule has 3 aromatic carbocycles. The number of ketones is 1. The lowest BCUT2D eigenvalue weighted by Crippen LogP contribution is -2.29. The summed E-state index contributed by atoms with van der Waals surface area (Å²) < 4.78 is 23.3. The Bertz CT molecular complexity index is 1730. The van der Waals surface area contributed by atoms with Crippen molar-refractivity contribution in [2.24, 2.45) is 0 Å². The van der Waals surface area contributed by atoms with E-state index in [0.717, 1.165) is 21.6 Å². The first-order valence-corrected chi connectivity index (χ1v) is 13.8. The van der Waals surface area contributed by atoms with Crippen LogP contribution in [0.2, 0.25) is 0 Å². The number of hydrogen-bond acceptors (Lipinski definition) is 9. The van der Waals surface area contributed by atoms with Gasteiger partial charge in [-0.25, -0.2) is 4.98 Å². The van der Waals surface area contributed by atoms with Crippen LogP contribution in [0.15, 0.2) is 54.1 Å². The van der Waals surface area contributed by atoms with Gasteiger partial charge in [0.05, 0.1) is 43.2 Å². The predicted molar refractivity (Wildman–Crippen MR) is 155 cm³/mol. The van der Waals surface area contributed by atoms with Crippen LogP contribution >= 0.6 is 11.3 Å². The van der Waals surface area contributed by atoms with Crippen LogP contribution in [0, 0.1) is 6.92 Å². The highest BCUT2D eigenvalue weighted by Crippen LogP contribution is 2.48. The average molecular weight is 573 g/mol. The molecular formula is C31H28N2O7S. The molecule has 1 amide bonds. The van der Waals surface area contributed by atoms with Gasteiger partial charge in [0.25, 0.3) is 5.78 Å². The number of Topliss-reactive ketones (excluding diaryl/α,β-unsaturated/α-hetero) is 1. The normalized spacial score (nSPS) is 19.4. The van der Waals surface area contributed by atoms with Crippen molar-refractivity contribution >= 4 is 44.1 Å². The van der Waals surface area contributed by atoms with E-state index < -0.39 is 17.7 Å². The molecule has 2 aliphatic heterocycles. The van der Waals surface area contributed by atoms with E-state index in [-0.39, 0.29) is 17.4 Å². The Morgan fingerprint density at radius 2 is 1.76 bits per heavy atom. The number of hydrogen-bond donors (Lipinski definition) is 1. The number of ether oxygens (including phenoxy) is 4. The van der Waals surface area contributed by atoms with Gasteiger partial charge in [-0.1, -0.05) is 17.4 Å². The summed E-state index contributed by atoms with van der Waals surface area (Å²) in [5.74, 6) is -0.115. The minimum atomic E-state index is -1.02. The zero-order valence-electron chi connectivity index (χ0n) is 23.2. The molecule has 2 aliphatic rings. The number of aromatic nitrogens is 1. The molecule has 0 unspecified atom stereocenters. The van der Waals surface area contributed by atoms with Crippen molar-refractivity contribution in [1.82, 2.24) is 4.98 Å². The number of aliphatic hydroxyl groups is 1. The van der Waals surface area contributed by atoms with Crippen molar-refractivity contribution in [3.8, 4) is 23.0 Å². The number of nitrogens with zero attached hydrogens (tertiary/aromatic N) is 2. The van der Waals surface area contributed by atoms with Crippen molar-refractivity contribution < 1.29 is 33.6 Å². The number of carbonyl (C=O) groups excluding carboxylic acids is 2. The summed E-state index contributed by atoms with van der Waals surface area (Å²) in [5, 5.41) is 12.0. The molecule has 9 nitrogen and oxygen atoms in total. The van der Waals surface area contributed by atoms with Gasteiger partial charge in [-0.05, 0) is 73.0 Å². The third-order valence-corrected chi connectivity index (χ3v) is 8.37. The quantitative estimate of drug-likeness (QED) is 0.181. The van der Waals surface area contributed by atoms with Crippen molar-refractivity contribution in [1.29, 1.82) is 0 Å². The van der Waals surface area contributed by atoms with Crippen LogP contribution < -0.4 is 23.8 Å². The van der Waals surface area contributed by atoms with Crippen LogP contribution in [0.25, 0.3) is 16.0 Å². The lowest BCUT2D eigenvalue weighted by molar-refractivity contribution is -0.132. The van der Waals surface area contributed by atoms with Crippen molar-refractivity contribution in [2.45, 2.75) is 32.4 Å². The van der Waals surface area contributed by atoms with E-state index in [2.05, 4.69) is 0 Å². The molecule has 2 atom stereocenters. The number of thiazole rings is 1. The number of rotatable bonds is 6. The van der Waals surface area contributed by atoms with Crippen molar-refractivity contribution in [3.05, 3.63) is 76.4 Å². The fourth-order valence-corrected chi connectivity index (χ4v) is 6.54. The molecule has 3 heterocycles. The highest BCUT2D eigenvalue weighted by Gasteiger charge is 2.48. The smallest absolute Gasteiger partial charge is 0.301 e. The molecule has 0 aliphatic carbocycles. The minimum absolute atomic E-state index is 0.00915. The zero-order chi connectivity index (χ0) is 29.0. The molecule has 4 aromatic rings. The maximum Gasteiger partial charge on any atom is 0.301 e. The molecule has 1 aromatic heterocycles. The fraction of sp³-hybridized carbons (Fsp3) is 0.258. The van der Waals surface area contributed by atoms with E-state index in [1.165, 1.54) is 37.6 Å². The lowest BCUT2D eigenvalue weighted by Gasteiger charge is -2.24. The van der Waals surface area contributed by atoms with Crippen LogP contribution in [0.3, 0.4) is 0 Å². The molecule has 0 bridgehead atoms. The second-order valence-electron chi connectivity index (χ2n) is 10.1. The first-order chi connectivity index (χ1) is 19.7. The maximum atomic E-state index is 13.7. The molecule has 0 radical (unpaired) electrons. The Labute approximate surface area is 240 Å². The van der Waals surface area contributed by atoms with Crippen LogP contribution in [0.1, 0.15) is 35.2 Å². The minimum Gasteiger partial charge on any atom is -0.507 e. The van der Waals surface area contributed by atoms with Gasteiger partial charge >= 0.3 is 5.91 Å². The Balaban J connectivity index is 1.59. The number of fused-ring (bicyclic) bond motifs is 2. The second-order valence-corrected chi connectivity index (χ2v) is 11.1. The van der Waals surface area contributed by atoms with Gasteiger partial charge in [0.2, 0.25) is 5.75 Å². The van der Waals surface area contributed by atoms with Gasteiger partial charge in [-0.15, -0.1) is 0 Å². The first kappa shape index (κ1) is 26.6. The average Bonchev–Trinajstić information content (AvgIpc) is 3.63. The number of carbonyl (C=O) groups is 2. The Morgan fingerprint density at radius 1 is 1.02 bits per heavy atom. The van der Waals surface area contributed by atoms with Crippen molar-refractivity contribution in [2.75, 3.05) is 26.2 Å². The number of aliphatic hydroxyl groups excluding tert-OH is 1. The number of anilines is 1. The summed E-state index contributed by atoms with van der Waals surface area (Å²) in [4.78, 5) is 33.5. The van der Waals surface area contributed by atoms with Crippen LogP contribution in [-0.4, -0.2) is 49.2 Å². The van der Waals surface area contributed by atoms with Gasteiger partial charge < -0.3 is 24.1 Å². The molecule has 210 valence electrons. The molecule has 1 saturated heterocycles. The number of benzene rings is 3. The van der Waals surface area contributed by atoms with E-state index >= 15 is 0 Å². The lowest BCUT2D eigenvalue weighted by atomic mass is 9.94. The number of methoxy groups -OCH3 is 3. The van der Waals surface area contributed by atoms with Crippen LogP contribution in [0.4, 0.5) is 5.13 Å². The topological polar surface area (TPSA) is 107 Å². The zero-order valence-corrected chi connectivity index (χ0v) is 24.0. The Morgan fingerprint density at radius 3 is 2.44 bits per heavy atom. The Kier molecular flexibility index (Phi) is 6.57. The summed E-state index contributed by atoms with van der Waals surface area (Å²) in [5.41, 5.74) is 3.50. The monoisotopic (exact) mass is 572 g/mol. The summed E-state index contributed by atoms with van der Waals surface area (Å²) in [6.07, 6.45) is 0.682. The van der Waals surface area contributed by atoms with E-state index in [1.807, 2.05) is 32.0 Å². The maximum absolute atomic E-state index is 13.7. The summed E-state index contributed by atoms with van der Waals surface area (Å²) in [6.45, 7) is 3.94. The molecule has 1 N–H and O–H groups in total. The van der Waals surface area contributed by atoms with Crippen LogP contribution in [-0.2, 0) is 16.0 Å². The summed E-state index contributed by atoms with van der Waals surface area (Å²) in [7, 11) is 4.47. The van der Waals surface area contributed by atoms with Crippen molar-refractivity contribution in [3.63, 3.8) is 0 Å². The Hall–Kier alpha value is -4.57. The van der Waals surface area contributed by atoms with Gasteiger partial charge in [-0.2, -0.15) is 0 Å². The molecular weight excluding hydrogens is 544 g/mol. The standard InChI is InChI=1S/C31H28N2O7S/c1-15-6-8-20-24(10-15)41-31(32-20)33-26(19-13-22(37-3)29(39-5)23(14-19)38-4)25(28(35)30(33)36)27(34)17-7-9-21-18(12-17)11-16(2)40-21/h6-10,12-14,16,26,34H,11H2,1-5H3/t16-,26-/m0/s1. The SMILES string of the molecule is COc1cc([C@H]2C(=C(O)c3ccc4c(c3)C[C@H](C)O4)C(=O)C(=O)N2c2nc3ccc(C)cc3s2)cc(OC)c1OC. The molecule has 1 fully saturated rings. The second kappa shape index (κ2) is 10.1. The predicted octanol–water partition coefficient (Wildman–Crippen LogP) is 5.58. The van der Waals surface area contributed by atoms with E-state index in [9.17, 15) is 14.7 Å². The molecule has 10 heteroatoms. The third kappa shape index (κ3) is 4.35. The van der Waals surface area contributed by atoms with Gasteiger partial charge in [-0.3, -0.25) is 14.5 Å². The largest absolute Gasteiger partial charge is 0.507 e. The highest BCUT2D eigenvalue weighted by atomic mass is 32.1. The summed E-state index contributed by atoms with van der Waals surface area (Å²) >= 11 is 1.30. The molecule has 6 rings (SSSR count). The van der Waals surface area contributed by atoms with Crippen LogP contribution in [0.5, 0.6) is 23.0 Å². The highest BCUT2D eigenvalue weighted by molar-refractivity contribution is 7.22. The number of aryl methyl sites for hydroxylation is 1. The first-order valence-electron chi connectivity index (χ1n) is 13.0. The molecule has 41 heavy (non-hydrogen) atoms.